The van der Waals surface area contributed by atoms with Gasteiger partial charge in [-0.25, -0.2) is 0 Å². The van der Waals surface area contributed by atoms with E-state index in [-0.39, 0.29) is 37.2 Å². The van der Waals surface area contributed by atoms with Gasteiger partial charge < -0.3 is 30.4 Å². The highest BCUT2D eigenvalue weighted by atomic mass is 16.5. The molecule has 0 spiro atoms. The molecule has 2 atom stereocenters. The van der Waals surface area contributed by atoms with Crippen LogP contribution in [0.2, 0.25) is 0 Å². The van der Waals surface area contributed by atoms with Gasteiger partial charge in [0.25, 0.3) is 6.47 Å². The number of aromatic nitrogens is 3. The molecule has 12 heteroatoms. The fourth-order valence-electron chi connectivity index (χ4n) is 3.97. The normalized spacial score (nSPS) is 19.4. The van der Waals surface area contributed by atoms with E-state index >= 15 is 0 Å². The van der Waals surface area contributed by atoms with E-state index in [1.165, 1.54) is 6.92 Å². The number of nitrogens with two attached hydrogens (primary N) is 1. The zero-order valence-electron chi connectivity index (χ0n) is 17.8. The molecule has 0 bridgehead atoms. The lowest BCUT2D eigenvalue weighted by molar-refractivity contribution is -0.138. The first kappa shape index (κ1) is 24.3. The third-order valence-electron chi connectivity index (χ3n) is 5.30. The Hall–Kier alpha value is -3.02. The standard InChI is InChI=1S/C18H28N6O4.CH2O2/c1-11-9-23(18(27)14(20-12(2)25)3-4-15(19)26)10-16-21-22-17(24(11)16)13-5-7-28-8-6-13;2-1-3/h11,13-14H,3-10H2,1-2H3,(H2,19,26)(H,20,25);1H,(H,2,3)/t11-,14-;/m0./s1. The van der Waals surface area contributed by atoms with Crippen LogP contribution in [0.1, 0.15) is 63.1 Å². The van der Waals surface area contributed by atoms with Gasteiger partial charge in [-0.15, -0.1) is 10.2 Å². The number of fused-ring (bicyclic) bond motifs is 1. The largest absolute Gasteiger partial charge is 0.483 e. The third kappa shape index (κ3) is 6.48. The predicted molar refractivity (Wildman–Crippen MR) is 108 cm³/mol. The summed E-state index contributed by atoms with van der Waals surface area (Å²) in [5, 5.41) is 18.3. The molecule has 0 aliphatic carbocycles. The van der Waals surface area contributed by atoms with E-state index in [2.05, 4.69) is 20.1 Å². The molecule has 12 nitrogen and oxygen atoms in total. The van der Waals surface area contributed by atoms with Crippen LogP contribution in [0.3, 0.4) is 0 Å². The Labute approximate surface area is 180 Å². The Balaban J connectivity index is 0.00000107. The number of hydrogen-bond donors (Lipinski definition) is 3. The van der Waals surface area contributed by atoms with E-state index in [1.54, 1.807) is 4.90 Å². The van der Waals surface area contributed by atoms with Crippen LogP contribution in [0.15, 0.2) is 0 Å². The van der Waals surface area contributed by atoms with Crippen molar-refractivity contribution in [2.24, 2.45) is 5.73 Å². The Morgan fingerprint density at radius 2 is 1.97 bits per heavy atom. The minimum Gasteiger partial charge on any atom is -0.483 e. The Morgan fingerprint density at radius 3 is 2.55 bits per heavy atom. The minimum absolute atomic E-state index is 0.0228. The first-order chi connectivity index (χ1) is 14.8. The number of ether oxygens (including phenoxy) is 1. The Kier molecular flexibility index (Phi) is 8.91. The van der Waals surface area contributed by atoms with Crippen molar-refractivity contribution >= 4 is 24.2 Å². The number of carbonyl (C=O) groups is 4. The third-order valence-corrected chi connectivity index (χ3v) is 5.30. The molecule has 2 aliphatic heterocycles. The molecule has 0 unspecified atom stereocenters. The number of hydrogen-bond acceptors (Lipinski definition) is 7. The molecule has 3 heterocycles. The van der Waals surface area contributed by atoms with E-state index in [0.717, 1.165) is 37.7 Å². The fraction of sp³-hybridized carbons (Fsp3) is 0.684. The maximum atomic E-state index is 13.0. The first-order valence-corrected chi connectivity index (χ1v) is 10.2. The molecule has 1 aromatic heterocycles. The van der Waals surface area contributed by atoms with Gasteiger partial charge in [-0.1, -0.05) is 0 Å². The topological polar surface area (TPSA) is 170 Å². The van der Waals surface area contributed by atoms with Crippen molar-refractivity contribution in [1.29, 1.82) is 0 Å². The van der Waals surface area contributed by atoms with Crippen molar-refractivity contribution in [2.45, 2.75) is 64.1 Å². The molecule has 2 aliphatic rings. The van der Waals surface area contributed by atoms with Crippen molar-refractivity contribution in [1.82, 2.24) is 25.0 Å². The summed E-state index contributed by atoms with van der Waals surface area (Å²) in [6.07, 6.45) is 2.05. The van der Waals surface area contributed by atoms with Gasteiger partial charge in [-0.3, -0.25) is 19.2 Å². The SMILES string of the molecule is CC(=O)N[C@@H](CCC(N)=O)C(=O)N1Cc2nnc(C3CCOCC3)n2[C@@H](C)C1.O=CO. The summed E-state index contributed by atoms with van der Waals surface area (Å²) >= 11 is 0. The van der Waals surface area contributed by atoms with Gasteiger partial charge in [0, 0.05) is 39.0 Å². The number of nitrogens with one attached hydrogen (secondary N) is 1. The number of primary amides is 1. The highest BCUT2D eigenvalue weighted by Gasteiger charge is 2.34. The summed E-state index contributed by atoms with van der Waals surface area (Å²) in [6.45, 7) is 5.40. The fourth-order valence-corrected chi connectivity index (χ4v) is 3.97. The Bertz CT molecular complexity index is 791. The lowest BCUT2D eigenvalue weighted by Gasteiger charge is -2.35. The van der Waals surface area contributed by atoms with Crippen molar-refractivity contribution in [3.05, 3.63) is 11.6 Å². The molecular weight excluding hydrogens is 408 g/mol. The lowest BCUT2D eigenvalue weighted by Crippen LogP contribution is -2.51. The van der Waals surface area contributed by atoms with E-state index in [1.807, 2.05) is 6.92 Å². The van der Waals surface area contributed by atoms with Crippen molar-refractivity contribution < 1.29 is 29.0 Å². The number of nitrogens with zero attached hydrogens (tertiary/aromatic N) is 4. The van der Waals surface area contributed by atoms with Crippen LogP contribution in [0.4, 0.5) is 0 Å². The summed E-state index contributed by atoms with van der Waals surface area (Å²) in [5.74, 6) is 0.969. The molecule has 3 rings (SSSR count). The summed E-state index contributed by atoms with van der Waals surface area (Å²) < 4.78 is 7.57. The second kappa shape index (κ2) is 11.4. The van der Waals surface area contributed by atoms with Gasteiger partial charge in [0.2, 0.25) is 17.7 Å². The molecule has 1 fully saturated rings. The van der Waals surface area contributed by atoms with Crippen LogP contribution >= 0.6 is 0 Å². The molecule has 1 aromatic rings. The zero-order valence-corrected chi connectivity index (χ0v) is 17.8. The minimum atomic E-state index is -0.776. The van der Waals surface area contributed by atoms with E-state index in [4.69, 9.17) is 20.4 Å². The van der Waals surface area contributed by atoms with E-state index in [9.17, 15) is 14.4 Å². The molecular formula is C19H30N6O6. The maximum Gasteiger partial charge on any atom is 0.290 e. The number of amides is 3. The summed E-state index contributed by atoms with van der Waals surface area (Å²) in [7, 11) is 0. The molecule has 0 saturated carbocycles. The van der Waals surface area contributed by atoms with Crippen molar-refractivity contribution in [3.8, 4) is 0 Å². The number of carboxylic acid groups (broad SMARTS) is 1. The molecule has 0 aromatic carbocycles. The lowest BCUT2D eigenvalue weighted by atomic mass is 9.98. The number of rotatable bonds is 6. The van der Waals surface area contributed by atoms with Crippen molar-refractivity contribution in [2.75, 3.05) is 19.8 Å². The van der Waals surface area contributed by atoms with Crippen LogP contribution in [0.25, 0.3) is 0 Å². The monoisotopic (exact) mass is 438 g/mol. The summed E-state index contributed by atoms with van der Waals surface area (Å²) in [5.41, 5.74) is 5.20. The summed E-state index contributed by atoms with van der Waals surface area (Å²) in [4.78, 5) is 45.6. The highest BCUT2D eigenvalue weighted by molar-refractivity contribution is 5.87. The van der Waals surface area contributed by atoms with Crippen LogP contribution < -0.4 is 11.1 Å². The van der Waals surface area contributed by atoms with Gasteiger partial charge in [0.15, 0.2) is 5.82 Å². The molecule has 172 valence electrons. The van der Waals surface area contributed by atoms with E-state index in [0.29, 0.717) is 19.0 Å². The van der Waals surface area contributed by atoms with Gasteiger partial charge in [0.05, 0.1) is 12.6 Å². The van der Waals surface area contributed by atoms with Gasteiger partial charge >= 0.3 is 0 Å². The van der Waals surface area contributed by atoms with Crippen LogP contribution in [0, 0.1) is 0 Å². The summed E-state index contributed by atoms with van der Waals surface area (Å²) in [6, 6.07) is -0.753. The molecule has 0 radical (unpaired) electrons. The zero-order chi connectivity index (χ0) is 23.0. The van der Waals surface area contributed by atoms with Gasteiger partial charge in [-0.2, -0.15) is 0 Å². The quantitative estimate of drug-likeness (QED) is 0.501. The second-order valence-corrected chi connectivity index (χ2v) is 7.66. The van der Waals surface area contributed by atoms with Crippen LogP contribution in [0.5, 0.6) is 0 Å². The van der Waals surface area contributed by atoms with Crippen LogP contribution in [-0.2, 0) is 30.5 Å². The van der Waals surface area contributed by atoms with Crippen LogP contribution in [-0.4, -0.2) is 74.8 Å². The molecule has 1 saturated heterocycles. The Morgan fingerprint density at radius 1 is 1.32 bits per heavy atom. The van der Waals surface area contributed by atoms with Gasteiger partial charge in [0.1, 0.15) is 11.9 Å². The van der Waals surface area contributed by atoms with Crippen molar-refractivity contribution in [3.63, 3.8) is 0 Å². The molecule has 31 heavy (non-hydrogen) atoms. The van der Waals surface area contributed by atoms with E-state index < -0.39 is 11.9 Å². The average molecular weight is 438 g/mol. The smallest absolute Gasteiger partial charge is 0.290 e. The van der Waals surface area contributed by atoms with Gasteiger partial charge in [-0.05, 0) is 26.2 Å². The first-order valence-electron chi connectivity index (χ1n) is 10.2. The highest BCUT2D eigenvalue weighted by Crippen LogP contribution is 2.31. The molecule has 4 N–H and O–H groups in total. The number of carbonyl (C=O) groups excluding carboxylic acids is 3. The maximum absolute atomic E-state index is 13.0. The predicted octanol–water partition coefficient (Wildman–Crippen LogP) is -0.454. The molecule has 3 amide bonds. The average Bonchev–Trinajstić information content (AvgIpc) is 3.16. The second-order valence-electron chi connectivity index (χ2n) is 7.66.